The fourth-order valence-corrected chi connectivity index (χ4v) is 6.48. The van der Waals surface area contributed by atoms with Gasteiger partial charge in [0.15, 0.2) is 0 Å². The molecule has 6 aromatic carbocycles. The summed E-state index contributed by atoms with van der Waals surface area (Å²) in [6.45, 7) is 4.30. The Morgan fingerprint density at radius 2 is 1.02 bits per heavy atom. The molecule has 0 spiro atoms. The van der Waals surface area contributed by atoms with E-state index in [-0.39, 0.29) is 32.5 Å². The van der Waals surface area contributed by atoms with Crippen molar-refractivity contribution in [2.75, 3.05) is 26.4 Å². The average molecular weight is 832 g/mol. The van der Waals surface area contributed by atoms with Gasteiger partial charge in [-0.15, -0.1) is 0 Å². The van der Waals surface area contributed by atoms with Gasteiger partial charge in [-0.1, -0.05) is 169 Å². The van der Waals surface area contributed by atoms with Crippen LogP contribution in [0.1, 0.15) is 49.3 Å². The molecule has 0 amide bonds. The minimum Gasteiger partial charge on any atom is -0.395 e. The number of benzene rings is 6. The molecule has 9 heteroatoms. The number of carbonyl (C=O) groups excluding carboxylic acids is 1. The highest BCUT2D eigenvalue weighted by Crippen LogP contribution is 2.29. The molecule has 7 N–H and O–H groups in total. The fraction of sp³-hybridized carbons (Fsp3) is 0.180. The largest absolute Gasteiger partial charge is 0.395 e. The molecule has 306 valence electrons. The molecule has 0 saturated carbocycles. The molecule has 0 aliphatic heterocycles. The summed E-state index contributed by atoms with van der Waals surface area (Å²) in [4.78, 5) is 10.8. The van der Waals surface area contributed by atoms with E-state index >= 15 is 0 Å². The third kappa shape index (κ3) is 14.3. The van der Waals surface area contributed by atoms with Gasteiger partial charge in [0, 0.05) is 22.2 Å². The van der Waals surface area contributed by atoms with Crippen molar-refractivity contribution in [1.82, 2.24) is 5.32 Å². The van der Waals surface area contributed by atoms with Gasteiger partial charge in [0.25, 0.3) is 0 Å². The first-order valence-corrected chi connectivity index (χ1v) is 20.0. The van der Waals surface area contributed by atoms with Gasteiger partial charge in [-0.05, 0) is 87.2 Å². The van der Waals surface area contributed by atoms with Crippen LogP contribution in [-0.2, 0) is 6.54 Å². The molecule has 0 aromatic heterocycles. The zero-order valence-electron chi connectivity index (χ0n) is 33.3. The number of aliphatic hydroxyl groups excluding tert-OH is 4. The standard InChI is InChI=1S/C25H26ClNO2.C22H17ClO.C3H9NO2/c1-18-20(8-5-9-24(18)21-6-3-2-4-7-21)12-13-22-11-10-19(14-25(22)26)15-27-23(16-28)17-29;1-16-18(8-5-9-21(16)19-6-3-2-4-7-19)12-13-20-11-10-17(15-24)14-22(20)23;4-3(1-5)2-6/h2-14,23,27-29H,15-17H2,1H3;2-15H,1H3;3,5-6H,1-2,4H2/b2*13-12+;. The Bertz CT molecular complexity index is 2270. The SMILES string of the molecule is Cc1c(/C=C/c2ccc(C=O)cc2Cl)cccc1-c1ccccc1.Cc1c(/C=C/c2ccc(CNC(CO)CO)cc2Cl)cccc1-c1ccccc1.NC(CO)CO. The molecule has 0 aliphatic carbocycles. The second kappa shape index (κ2) is 24.7. The van der Waals surface area contributed by atoms with Crippen LogP contribution < -0.4 is 11.1 Å². The summed E-state index contributed by atoms with van der Waals surface area (Å²) in [7, 11) is 0. The minimum atomic E-state index is -0.454. The van der Waals surface area contributed by atoms with E-state index < -0.39 is 6.04 Å². The second-order valence-corrected chi connectivity index (χ2v) is 14.6. The first-order valence-electron chi connectivity index (χ1n) is 19.2. The van der Waals surface area contributed by atoms with E-state index in [1.54, 1.807) is 12.1 Å². The summed E-state index contributed by atoms with van der Waals surface area (Å²) in [5.74, 6) is 0. The van der Waals surface area contributed by atoms with Crippen molar-refractivity contribution in [3.8, 4) is 22.3 Å². The number of carbonyl (C=O) groups is 1. The minimum absolute atomic E-state index is 0.105. The summed E-state index contributed by atoms with van der Waals surface area (Å²) in [6.07, 6.45) is 8.96. The number of aliphatic hydroxyl groups is 4. The average Bonchev–Trinajstić information content (AvgIpc) is 3.27. The maximum atomic E-state index is 10.8. The maximum absolute atomic E-state index is 10.8. The molecule has 0 saturated heterocycles. The van der Waals surface area contributed by atoms with E-state index in [0.29, 0.717) is 22.2 Å². The molecular formula is C50H52Cl2N2O5. The molecule has 0 radical (unpaired) electrons. The van der Waals surface area contributed by atoms with E-state index in [2.05, 4.69) is 104 Å². The van der Waals surface area contributed by atoms with Crippen LogP contribution in [0.5, 0.6) is 0 Å². The molecule has 59 heavy (non-hydrogen) atoms. The molecule has 0 aliphatic rings. The Hall–Kier alpha value is -5.19. The van der Waals surface area contributed by atoms with Crippen molar-refractivity contribution >= 4 is 53.8 Å². The van der Waals surface area contributed by atoms with Crippen LogP contribution in [0.2, 0.25) is 10.0 Å². The third-order valence-electron chi connectivity index (χ3n) is 9.54. The highest BCUT2D eigenvalue weighted by molar-refractivity contribution is 6.32. The van der Waals surface area contributed by atoms with E-state index in [0.717, 1.165) is 34.1 Å². The Morgan fingerprint density at radius 3 is 1.42 bits per heavy atom. The predicted molar refractivity (Wildman–Crippen MR) is 246 cm³/mol. The van der Waals surface area contributed by atoms with Crippen LogP contribution in [0.15, 0.2) is 133 Å². The molecule has 0 fully saturated rings. The summed E-state index contributed by atoms with van der Waals surface area (Å²) >= 11 is 12.7. The van der Waals surface area contributed by atoms with Gasteiger partial charge in [0.2, 0.25) is 0 Å². The Balaban J connectivity index is 0.000000232. The zero-order valence-corrected chi connectivity index (χ0v) is 34.8. The van der Waals surface area contributed by atoms with Gasteiger partial charge >= 0.3 is 0 Å². The fourth-order valence-electron chi connectivity index (χ4n) is 5.96. The first kappa shape index (κ1) is 46.5. The topological polar surface area (TPSA) is 136 Å². The monoisotopic (exact) mass is 830 g/mol. The van der Waals surface area contributed by atoms with Gasteiger partial charge in [0.05, 0.1) is 38.5 Å². The summed E-state index contributed by atoms with van der Waals surface area (Å²) < 4.78 is 0. The lowest BCUT2D eigenvalue weighted by atomic mass is 9.96. The number of rotatable bonds is 14. The second-order valence-electron chi connectivity index (χ2n) is 13.8. The molecule has 0 heterocycles. The van der Waals surface area contributed by atoms with Crippen LogP contribution in [0, 0.1) is 13.8 Å². The Morgan fingerprint density at radius 1 is 0.559 bits per heavy atom. The molecule has 0 bridgehead atoms. The first-order chi connectivity index (χ1) is 28.6. The van der Waals surface area contributed by atoms with Crippen molar-refractivity contribution in [1.29, 1.82) is 0 Å². The highest BCUT2D eigenvalue weighted by atomic mass is 35.5. The molecule has 0 unspecified atom stereocenters. The van der Waals surface area contributed by atoms with Crippen LogP contribution in [0.3, 0.4) is 0 Å². The Labute approximate surface area is 357 Å². The maximum Gasteiger partial charge on any atom is 0.150 e. The van der Waals surface area contributed by atoms with Gasteiger partial charge in [0.1, 0.15) is 6.29 Å². The number of hydrogen-bond acceptors (Lipinski definition) is 7. The molecule has 7 nitrogen and oxygen atoms in total. The van der Waals surface area contributed by atoms with Crippen molar-refractivity contribution in [3.05, 3.63) is 188 Å². The highest BCUT2D eigenvalue weighted by Gasteiger charge is 2.08. The van der Waals surface area contributed by atoms with Gasteiger partial charge in [-0.3, -0.25) is 4.79 Å². The lowest BCUT2D eigenvalue weighted by Crippen LogP contribution is -2.35. The van der Waals surface area contributed by atoms with Crippen molar-refractivity contribution in [3.63, 3.8) is 0 Å². The van der Waals surface area contributed by atoms with Gasteiger partial charge in [-0.2, -0.15) is 0 Å². The summed E-state index contributed by atoms with van der Waals surface area (Å²) in [5.41, 5.74) is 18.0. The van der Waals surface area contributed by atoms with Crippen molar-refractivity contribution in [2.45, 2.75) is 32.5 Å². The zero-order chi connectivity index (χ0) is 42.6. The Kier molecular flexibility index (Phi) is 19.4. The molecule has 6 aromatic rings. The smallest absolute Gasteiger partial charge is 0.150 e. The van der Waals surface area contributed by atoms with Gasteiger partial charge in [-0.25, -0.2) is 0 Å². The summed E-state index contributed by atoms with van der Waals surface area (Å²) in [6, 6.07) is 43.8. The molecule has 0 atom stereocenters. The number of nitrogens with two attached hydrogens (primary N) is 1. The quantitative estimate of drug-likeness (QED) is 0.0476. The number of nitrogens with one attached hydrogen (secondary N) is 1. The van der Waals surface area contributed by atoms with E-state index in [9.17, 15) is 4.79 Å². The lowest BCUT2D eigenvalue weighted by molar-refractivity contribution is 0.112. The van der Waals surface area contributed by atoms with Crippen LogP contribution >= 0.6 is 23.2 Å². The molecule has 6 rings (SSSR count). The predicted octanol–water partition coefficient (Wildman–Crippen LogP) is 9.53. The van der Waals surface area contributed by atoms with E-state index in [1.807, 2.05) is 60.7 Å². The van der Waals surface area contributed by atoms with E-state index in [1.165, 1.54) is 33.4 Å². The van der Waals surface area contributed by atoms with Gasteiger partial charge < -0.3 is 31.5 Å². The number of hydrogen-bond donors (Lipinski definition) is 6. The normalized spacial score (nSPS) is 11.1. The summed E-state index contributed by atoms with van der Waals surface area (Å²) in [5, 5.41) is 38.7. The number of halogens is 2. The van der Waals surface area contributed by atoms with E-state index in [4.69, 9.17) is 49.4 Å². The van der Waals surface area contributed by atoms with Crippen LogP contribution in [-0.4, -0.2) is 65.2 Å². The lowest BCUT2D eigenvalue weighted by Gasteiger charge is -2.13. The number of aldehydes is 1. The third-order valence-corrected chi connectivity index (χ3v) is 10.2. The van der Waals surface area contributed by atoms with Crippen molar-refractivity contribution in [2.24, 2.45) is 5.73 Å². The van der Waals surface area contributed by atoms with Crippen molar-refractivity contribution < 1.29 is 25.2 Å². The molecular weight excluding hydrogens is 779 g/mol. The van der Waals surface area contributed by atoms with Crippen LogP contribution in [0.25, 0.3) is 46.6 Å². The van der Waals surface area contributed by atoms with Crippen LogP contribution in [0.4, 0.5) is 0 Å².